The van der Waals surface area contributed by atoms with Crippen LogP contribution in [-0.2, 0) is 6.54 Å². The van der Waals surface area contributed by atoms with Gasteiger partial charge in [0.15, 0.2) is 0 Å². The third-order valence-corrected chi connectivity index (χ3v) is 3.20. The number of aliphatic hydroxyl groups excluding tert-OH is 1. The standard InChI is InChI=1S/C11H20N4O/c1-12-7-9-8-15(14-13-9)10-5-3-2-4-6-11(10)16/h8,10-12,16H,2-7H2,1H3. The predicted octanol–water partition coefficient (Wildman–Crippen LogP) is 0.864. The van der Waals surface area contributed by atoms with E-state index in [1.54, 1.807) is 0 Å². The maximum absolute atomic E-state index is 10.0. The van der Waals surface area contributed by atoms with Crippen LogP contribution in [0.1, 0.15) is 43.8 Å². The second-order valence-corrected chi connectivity index (χ2v) is 4.49. The molecule has 2 rings (SSSR count). The first-order chi connectivity index (χ1) is 7.81. The van der Waals surface area contributed by atoms with E-state index < -0.39 is 0 Å². The summed E-state index contributed by atoms with van der Waals surface area (Å²) in [5, 5.41) is 21.3. The first kappa shape index (κ1) is 11.5. The maximum Gasteiger partial charge on any atom is 0.0964 e. The number of rotatable bonds is 3. The summed E-state index contributed by atoms with van der Waals surface area (Å²) in [6.07, 6.45) is 7.06. The van der Waals surface area contributed by atoms with E-state index in [4.69, 9.17) is 0 Å². The minimum atomic E-state index is -0.272. The van der Waals surface area contributed by atoms with Gasteiger partial charge in [-0.25, -0.2) is 4.68 Å². The zero-order valence-electron chi connectivity index (χ0n) is 9.76. The predicted molar refractivity (Wildman–Crippen MR) is 60.9 cm³/mol. The number of aliphatic hydroxyl groups is 1. The summed E-state index contributed by atoms with van der Waals surface area (Å²) in [6.45, 7) is 0.725. The molecule has 0 aromatic carbocycles. The minimum Gasteiger partial charge on any atom is -0.391 e. The van der Waals surface area contributed by atoms with Crippen LogP contribution in [0.4, 0.5) is 0 Å². The Hall–Kier alpha value is -0.940. The summed E-state index contributed by atoms with van der Waals surface area (Å²) in [6, 6.07) is 0.112. The number of nitrogens with one attached hydrogen (secondary N) is 1. The molecule has 0 aliphatic heterocycles. The van der Waals surface area contributed by atoms with E-state index in [0.29, 0.717) is 0 Å². The normalized spacial score (nSPS) is 26.6. The van der Waals surface area contributed by atoms with E-state index in [-0.39, 0.29) is 12.1 Å². The Balaban J connectivity index is 2.08. The van der Waals surface area contributed by atoms with Crippen molar-refractivity contribution in [2.75, 3.05) is 7.05 Å². The van der Waals surface area contributed by atoms with E-state index >= 15 is 0 Å². The van der Waals surface area contributed by atoms with E-state index in [1.807, 2.05) is 17.9 Å². The molecule has 16 heavy (non-hydrogen) atoms. The Morgan fingerprint density at radius 1 is 1.44 bits per heavy atom. The molecule has 0 saturated heterocycles. The van der Waals surface area contributed by atoms with Crippen molar-refractivity contribution >= 4 is 0 Å². The number of aromatic nitrogens is 3. The van der Waals surface area contributed by atoms with Crippen LogP contribution < -0.4 is 5.32 Å². The first-order valence-corrected chi connectivity index (χ1v) is 6.04. The monoisotopic (exact) mass is 224 g/mol. The first-order valence-electron chi connectivity index (χ1n) is 6.04. The second-order valence-electron chi connectivity index (χ2n) is 4.49. The molecule has 1 aliphatic carbocycles. The van der Waals surface area contributed by atoms with Gasteiger partial charge in [0.1, 0.15) is 0 Å². The summed E-state index contributed by atoms with van der Waals surface area (Å²) >= 11 is 0. The molecular formula is C11H20N4O. The van der Waals surface area contributed by atoms with Gasteiger partial charge in [-0.05, 0) is 19.9 Å². The fourth-order valence-electron chi connectivity index (χ4n) is 2.31. The van der Waals surface area contributed by atoms with E-state index in [0.717, 1.165) is 31.5 Å². The molecule has 0 radical (unpaired) electrons. The lowest BCUT2D eigenvalue weighted by atomic mass is 10.1. The van der Waals surface area contributed by atoms with Crippen molar-refractivity contribution in [1.29, 1.82) is 0 Å². The number of nitrogens with zero attached hydrogens (tertiary/aromatic N) is 3. The molecule has 1 aliphatic rings. The average molecular weight is 224 g/mol. The van der Waals surface area contributed by atoms with Gasteiger partial charge in [0.2, 0.25) is 0 Å². The third kappa shape index (κ3) is 2.59. The topological polar surface area (TPSA) is 63.0 Å². The van der Waals surface area contributed by atoms with Crippen LogP contribution in [-0.4, -0.2) is 33.3 Å². The molecule has 90 valence electrons. The lowest BCUT2D eigenvalue weighted by Crippen LogP contribution is -2.23. The lowest BCUT2D eigenvalue weighted by Gasteiger charge is -2.19. The molecule has 1 aromatic rings. The van der Waals surface area contributed by atoms with Gasteiger partial charge in [-0.3, -0.25) is 0 Å². The quantitative estimate of drug-likeness (QED) is 0.748. The van der Waals surface area contributed by atoms with Crippen LogP contribution in [0.15, 0.2) is 6.20 Å². The number of hydrogen-bond acceptors (Lipinski definition) is 4. The molecular weight excluding hydrogens is 204 g/mol. The molecule has 2 atom stereocenters. The largest absolute Gasteiger partial charge is 0.391 e. The summed E-state index contributed by atoms with van der Waals surface area (Å²) in [5.74, 6) is 0. The molecule has 0 bridgehead atoms. The molecule has 5 heteroatoms. The molecule has 5 nitrogen and oxygen atoms in total. The molecule has 2 N–H and O–H groups in total. The zero-order chi connectivity index (χ0) is 11.4. The number of hydrogen-bond donors (Lipinski definition) is 2. The highest BCUT2D eigenvalue weighted by atomic mass is 16.3. The average Bonchev–Trinajstić information content (AvgIpc) is 2.61. The lowest BCUT2D eigenvalue weighted by molar-refractivity contribution is 0.0980. The van der Waals surface area contributed by atoms with Crippen LogP contribution in [0.2, 0.25) is 0 Å². The van der Waals surface area contributed by atoms with Crippen molar-refractivity contribution in [3.05, 3.63) is 11.9 Å². The van der Waals surface area contributed by atoms with Crippen molar-refractivity contribution in [2.24, 2.45) is 0 Å². The van der Waals surface area contributed by atoms with Crippen LogP contribution >= 0.6 is 0 Å². The van der Waals surface area contributed by atoms with Crippen LogP contribution in [0.3, 0.4) is 0 Å². The molecule has 1 saturated carbocycles. The summed E-state index contributed by atoms with van der Waals surface area (Å²) in [5.41, 5.74) is 0.930. The SMILES string of the molecule is CNCc1cn(C2CCCCCC2O)nn1. The Kier molecular flexibility index (Phi) is 3.90. The second kappa shape index (κ2) is 5.41. The zero-order valence-corrected chi connectivity index (χ0v) is 9.76. The molecule has 2 unspecified atom stereocenters. The smallest absolute Gasteiger partial charge is 0.0964 e. The molecule has 0 amide bonds. The third-order valence-electron chi connectivity index (χ3n) is 3.20. The maximum atomic E-state index is 10.0. The molecule has 1 aromatic heterocycles. The molecule has 1 heterocycles. The van der Waals surface area contributed by atoms with Gasteiger partial charge < -0.3 is 10.4 Å². The highest BCUT2D eigenvalue weighted by molar-refractivity contribution is 4.93. The van der Waals surface area contributed by atoms with Gasteiger partial charge in [0.25, 0.3) is 0 Å². The summed E-state index contributed by atoms with van der Waals surface area (Å²) in [7, 11) is 1.89. The Morgan fingerprint density at radius 2 is 2.25 bits per heavy atom. The van der Waals surface area contributed by atoms with E-state index in [1.165, 1.54) is 12.8 Å². The Bertz CT molecular complexity index is 326. The van der Waals surface area contributed by atoms with Crippen molar-refractivity contribution in [3.63, 3.8) is 0 Å². The van der Waals surface area contributed by atoms with Gasteiger partial charge >= 0.3 is 0 Å². The fraction of sp³-hybridized carbons (Fsp3) is 0.818. The molecule has 1 fully saturated rings. The van der Waals surface area contributed by atoms with Crippen LogP contribution in [0.25, 0.3) is 0 Å². The fourth-order valence-corrected chi connectivity index (χ4v) is 2.31. The van der Waals surface area contributed by atoms with Crippen LogP contribution in [0.5, 0.6) is 0 Å². The Labute approximate surface area is 95.8 Å². The van der Waals surface area contributed by atoms with E-state index in [9.17, 15) is 5.11 Å². The highest BCUT2D eigenvalue weighted by Gasteiger charge is 2.24. The molecule has 0 spiro atoms. The van der Waals surface area contributed by atoms with E-state index in [2.05, 4.69) is 15.6 Å². The van der Waals surface area contributed by atoms with Gasteiger partial charge in [0.05, 0.1) is 24.0 Å². The van der Waals surface area contributed by atoms with Crippen molar-refractivity contribution < 1.29 is 5.11 Å². The summed E-state index contributed by atoms with van der Waals surface area (Å²) in [4.78, 5) is 0. The Morgan fingerprint density at radius 3 is 3.06 bits per heavy atom. The summed E-state index contributed by atoms with van der Waals surface area (Å²) < 4.78 is 1.84. The van der Waals surface area contributed by atoms with Crippen molar-refractivity contribution in [3.8, 4) is 0 Å². The van der Waals surface area contributed by atoms with Crippen LogP contribution in [0, 0.1) is 0 Å². The van der Waals surface area contributed by atoms with Gasteiger partial charge in [-0.2, -0.15) is 0 Å². The van der Waals surface area contributed by atoms with Gasteiger partial charge in [-0.15, -0.1) is 5.10 Å². The minimum absolute atomic E-state index is 0.112. The van der Waals surface area contributed by atoms with Crippen molar-refractivity contribution in [2.45, 2.75) is 50.8 Å². The van der Waals surface area contributed by atoms with Gasteiger partial charge in [0, 0.05) is 6.54 Å². The highest BCUT2D eigenvalue weighted by Crippen LogP contribution is 2.26. The van der Waals surface area contributed by atoms with Gasteiger partial charge in [-0.1, -0.05) is 24.5 Å². The van der Waals surface area contributed by atoms with Crippen molar-refractivity contribution in [1.82, 2.24) is 20.3 Å².